The first-order valence-electron chi connectivity index (χ1n) is 6.00. The molecule has 1 aliphatic heterocycles. The van der Waals surface area contributed by atoms with Gasteiger partial charge in [0.1, 0.15) is 0 Å². The molecule has 0 bridgehead atoms. The molecule has 0 amide bonds. The number of piperazine rings is 1. The molecule has 2 rings (SSSR count). The van der Waals surface area contributed by atoms with Crippen LogP contribution in [0.1, 0.15) is 30.7 Å². The molecule has 0 radical (unpaired) electrons. The highest BCUT2D eigenvalue weighted by Gasteiger charge is 2.23. The van der Waals surface area contributed by atoms with Gasteiger partial charge in [0.2, 0.25) is 0 Å². The normalized spacial score (nSPS) is 19.9. The van der Waals surface area contributed by atoms with Crippen LogP contribution in [0.15, 0.2) is 11.4 Å². The molecule has 1 aliphatic rings. The molecule has 1 fully saturated rings. The molecule has 1 saturated heterocycles. The van der Waals surface area contributed by atoms with E-state index >= 15 is 0 Å². The van der Waals surface area contributed by atoms with E-state index in [2.05, 4.69) is 22.5 Å². The van der Waals surface area contributed by atoms with E-state index in [9.17, 15) is 0 Å². The number of nitrogens with one attached hydrogen (secondary N) is 1. The number of halogens is 1. The number of rotatable bonds is 4. The van der Waals surface area contributed by atoms with Crippen molar-refractivity contribution in [3.05, 3.63) is 21.3 Å². The monoisotopic (exact) mass is 258 g/mol. The van der Waals surface area contributed by atoms with Crippen molar-refractivity contribution < 1.29 is 0 Å². The quantitative estimate of drug-likeness (QED) is 0.893. The smallest absolute Gasteiger partial charge is 0.0561 e. The molecule has 1 N–H and O–H groups in total. The van der Waals surface area contributed by atoms with Crippen LogP contribution in [0.25, 0.3) is 0 Å². The van der Waals surface area contributed by atoms with Gasteiger partial charge in [-0.3, -0.25) is 4.90 Å². The molecule has 2 nitrogen and oxygen atoms in total. The van der Waals surface area contributed by atoms with Crippen LogP contribution in [-0.4, -0.2) is 31.1 Å². The molecule has 0 aromatic carbocycles. The van der Waals surface area contributed by atoms with Crippen LogP contribution in [0.5, 0.6) is 0 Å². The van der Waals surface area contributed by atoms with Crippen LogP contribution in [0.2, 0.25) is 5.02 Å². The third kappa shape index (κ3) is 2.77. The average molecular weight is 259 g/mol. The van der Waals surface area contributed by atoms with Crippen LogP contribution >= 0.6 is 22.9 Å². The zero-order valence-electron chi connectivity index (χ0n) is 9.71. The molecule has 1 aromatic rings. The molecule has 16 heavy (non-hydrogen) atoms. The van der Waals surface area contributed by atoms with Crippen LogP contribution in [0.4, 0.5) is 0 Å². The number of hydrogen-bond donors (Lipinski definition) is 1. The molecule has 0 aliphatic carbocycles. The Hall–Kier alpha value is -0.0900. The molecule has 0 spiro atoms. The molecular weight excluding hydrogens is 240 g/mol. The Bertz CT molecular complexity index is 321. The lowest BCUT2D eigenvalue weighted by Gasteiger charge is -2.34. The zero-order chi connectivity index (χ0) is 11.4. The summed E-state index contributed by atoms with van der Waals surface area (Å²) in [5.41, 5.74) is 0. The minimum absolute atomic E-state index is 0.527. The molecule has 1 atom stereocenters. The Morgan fingerprint density at radius 1 is 1.50 bits per heavy atom. The summed E-state index contributed by atoms with van der Waals surface area (Å²) in [5.74, 6) is 0. The van der Waals surface area contributed by atoms with Gasteiger partial charge in [-0.25, -0.2) is 0 Å². The lowest BCUT2D eigenvalue weighted by molar-refractivity contribution is 0.167. The largest absolute Gasteiger partial charge is 0.314 e. The molecule has 4 heteroatoms. The maximum Gasteiger partial charge on any atom is 0.0561 e. The minimum atomic E-state index is 0.527. The summed E-state index contributed by atoms with van der Waals surface area (Å²) in [6.45, 7) is 6.72. The molecule has 0 unspecified atom stereocenters. The summed E-state index contributed by atoms with van der Waals surface area (Å²) >= 11 is 8.05. The van der Waals surface area contributed by atoms with E-state index in [1.165, 1.54) is 17.7 Å². The molecule has 0 saturated carbocycles. The Morgan fingerprint density at radius 2 is 2.25 bits per heavy atom. The molecule has 1 aromatic heterocycles. The van der Waals surface area contributed by atoms with Gasteiger partial charge in [0.25, 0.3) is 0 Å². The van der Waals surface area contributed by atoms with Crippen molar-refractivity contribution in [3.8, 4) is 0 Å². The first kappa shape index (κ1) is 12.4. The Kier molecular flexibility index (Phi) is 4.65. The maximum absolute atomic E-state index is 6.26. The van der Waals surface area contributed by atoms with Gasteiger partial charge < -0.3 is 5.32 Å². The Balaban J connectivity index is 2.12. The van der Waals surface area contributed by atoms with Crippen molar-refractivity contribution in [2.45, 2.75) is 25.8 Å². The van der Waals surface area contributed by atoms with Gasteiger partial charge in [-0.15, -0.1) is 11.3 Å². The van der Waals surface area contributed by atoms with Crippen molar-refractivity contribution in [1.29, 1.82) is 0 Å². The van der Waals surface area contributed by atoms with Gasteiger partial charge in [-0.05, 0) is 17.9 Å². The zero-order valence-corrected chi connectivity index (χ0v) is 11.3. The van der Waals surface area contributed by atoms with Gasteiger partial charge in [0, 0.05) is 37.1 Å². The predicted molar refractivity (Wildman–Crippen MR) is 71.4 cm³/mol. The fourth-order valence-corrected chi connectivity index (χ4v) is 3.64. The van der Waals surface area contributed by atoms with Gasteiger partial charge in [0.15, 0.2) is 0 Å². The maximum atomic E-state index is 6.26. The van der Waals surface area contributed by atoms with Crippen molar-refractivity contribution in [3.63, 3.8) is 0 Å². The Labute approximate surface area is 107 Å². The average Bonchev–Trinajstić information content (AvgIpc) is 2.73. The summed E-state index contributed by atoms with van der Waals surface area (Å²) < 4.78 is 0. The highest BCUT2D eigenvalue weighted by atomic mass is 35.5. The summed E-state index contributed by atoms with van der Waals surface area (Å²) in [6, 6.07) is 2.55. The predicted octanol–water partition coefficient (Wildman–Crippen LogP) is 3.15. The molecule has 2 heterocycles. The minimum Gasteiger partial charge on any atom is -0.314 e. The summed E-state index contributed by atoms with van der Waals surface area (Å²) in [6.07, 6.45) is 2.42. The first-order valence-corrected chi connectivity index (χ1v) is 7.26. The van der Waals surface area contributed by atoms with Gasteiger partial charge in [-0.2, -0.15) is 0 Å². The van der Waals surface area contributed by atoms with Crippen molar-refractivity contribution in [2.75, 3.05) is 26.2 Å². The van der Waals surface area contributed by atoms with E-state index in [0.29, 0.717) is 6.04 Å². The SMILES string of the molecule is CCC[C@@H](c1sccc1Cl)N1CCNCC1. The van der Waals surface area contributed by atoms with Crippen LogP contribution in [0.3, 0.4) is 0 Å². The van der Waals surface area contributed by atoms with E-state index in [1.54, 1.807) is 11.3 Å². The standard InChI is InChI=1S/C12H19ClN2S/c1-2-3-11(12-10(13)4-9-16-12)15-7-5-14-6-8-15/h4,9,11,14H,2-3,5-8H2,1H3/t11-/m0/s1. The second-order valence-electron chi connectivity index (χ2n) is 4.22. The van der Waals surface area contributed by atoms with Crippen molar-refractivity contribution in [1.82, 2.24) is 10.2 Å². The van der Waals surface area contributed by atoms with Gasteiger partial charge in [0.05, 0.1) is 5.02 Å². The van der Waals surface area contributed by atoms with Gasteiger partial charge in [-0.1, -0.05) is 24.9 Å². The summed E-state index contributed by atoms with van der Waals surface area (Å²) in [7, 11) is 0. The number of hydrogen-bond acceptors (Lipinski definition) is 3. The van der Waals surface area contributed by atoms with E-state index in [1.807, 2.05) is 6.07 Å². The van der Waals surface area contributed by atoms with E-state index < -0.39 is 0 Å². The fourth-order valence-electron chi connectivity index (χ4n) is 2.29. The van der Waals surface area contributed by atoms with E-state index in [-0.39, 0.29) is 0 Å². The van der Waals surface area contributed by atoms with E-state index in [0.717, 1.165) is 31.2 Å². The van der Waals surface area contributed by atoms with Crippen LogP contribution in [0, 0.1) is 0 Å². The second kappa shape index (κ2) is 6.01. The third-order valence-electron chi connectivity index (χ3n) is 3.10. The van der Waals surface area contributed by atoms with Crippen LogP contribution in [-0.2, 0) is 0 Å². The lowest BCUT2D eigenvalue weighted by atomic mass is 10.1. The Morgan fingerprint density at radius 3 is 2.81 bits per heavy atom. The summed E-state index contributed by atoms with van der Waals surface area (Å²) in [5, 5.41) is 6.45. The third-order valence-corrected chi connectivity index (χ3v) is 4.56. The lowest BCUT2D eigenvalue weighted by Crippen LogP contribution is -2.45. The highest BCUT2D eigenvalue weighted by Crippen LogP contribution is 2.35. The molecule has 90 valence electrons. The summed E-state index contributed by atoms with van der Waals surface area (Å²) in [4.78, 5) is 3.92. The van der Waals surface area contributed by atoms with Crippen molar-refractivity contribution in [2.24, 2.45) is 0 Å². The highest BCUT2D eigenvalue weighted by molar-refractivity contribution is 7.10. The first-order chi connectivity index (χ1) is 7.83. The van der Waals surface area contributed by atoms with E-state index in [4.69, 9.17) is 11.6 Å². The fraction of sp³-hybridized carbons (Fsp3) is 0.667. The molecular formula is C12H19ClN2S. The van der Waals surface area contributed by atoms with Gasteiger partial charge >= 0.3 is 0 Å². The number of thiophene rings is 1. The topological polar surface area (TPSA) is 15.3 Å². The van der Waals surface area contributed by atoms with Crippen molar-refractivity contribution >= 4 is 22.9 Å². The second-order valence-corrected chi connectivity index (χ2v) is 5.58. The van der Waals surface area contributed by atoms with Crippen LogP contribution < -0.4 is 5.32 Å². The number of nitrogens with zero attached hydrogens (tertiary/aromatic N) is 1.